The second-order valence-corrected chi connectivity index (χ2v) is 8.00. The van der Waals surface area contributed by atoms with Gasteiger partial charge in [0, 0.05) is 29.7 Å². The number of nitriles is 1. The van der Waals surface area contributed by atoms with Gasteiger partial charge in [0.1, 0.15) is 0 Å². The van der Waals surface area contributed by atoms with Crippen molar-refractivity contribution in [2.75, 3.05) is 10.6 Å². The van der Waals surface area contributed by atoms with Crippen molar-refractivity contribution in [3.63, 3.8) is 0 Å². The maximum absolute atomic E-state index is 12.8. The summed E-state index contributed by atoms with van der Waals surface area (Å²) >= 11 is 0. The highest BCUT2D eigenvalue weighted by Gasteiger charge is 2.21. The lowest BCUT2D eigenvalue weighted by atomic mass is 9.85. The van der Waals surface area contributed by atoms with Crippen molar-refractivity contribution in [3.8, 4) is 6.07 Å². The molecule has 0 bridgehead atoms. The first kappa shape index (κ1) is 22.7. The van der Waals surface area contributed by atoms with E-state index in [2.05, 4.69) is 21.7 Å². The molecule has 4 N–H and O–H groups in total. The minimum absolute atomic E-state index is 0.303. The lowest BCUT2D eigenvalue weighted by Crippen LogP contribution is -2.17. The Labute approximate surface area is 187 Å². The summed E-state index contributed by atoms with van der Waals surface area (Å²) < 4.78 is 0. The number of nitrogens with one attached hydrogen (secondary N) is 2. The zero-order valence-electron chi connectivity index (χ0n) is 18.3. The third-order valence-electron chi connectivity index (χ3n) is 5.17. The maximum atomic E-state index is 12.8. The average Bonchev–Trinajstić information content (AvgIpc) is 2.81. The highest BCUT2D eigenvalue weighted by atomic mass is 16.2. The second kappa shape index (κ2) is 9.41. The van der Waals surface area contributed by atoms with Crippen LogP contribution >= 0.6 is 0 Å². The molecule has 7 nitrogen and oxygen atoms in total. The molecule has 3 aromatic rings. The van der Waals surface area contributed by atoms with Crippen LogP contribution in [0.2, 0.25) is 0 Å². The van der Waals surface area contributed by atoms with Gasteiger partial charge in [-0.05, 0) is 68.3 Å². The van der Waals surface area contributed by atoms with Gasteiger partial charge in [-0.3, -0.25) is 14.6 Å². The Morgan fingerprint density at radius 1 is 1.03 bits per heavy atom. The molecule has 32 heavy (non-hydrogen) atoms. The number of anilines is 2. The van der Waals surface area contributed by atoms with E-state index < -0.39 is 5.41 Å². The van der Waals surface area contributed by atoms with E-state index in [9.17, 15) is 14.9 Å². The van der Waals surface area contributed by atoms with E-state index in [0.717, 1.165) is 11.1 Å². The Morgan fingerprint density at radius 2 is 1.78 bits per heavy atom. The Balaban J connectivity index is 1.77. The van der Waals surface area contributed by atoms with E-state index in [-0.39, 0.29) is 11.8 Å². The molecule has 7 heteroatoms. The molecule has 0 fully saturated rings. The van der Waals surface area contributed by atoms with Gasteiger partial charge < -0.3 is 16.4 Å². The van der Waals surface area contributed by atoms with Gasteiger partial charge in [0.15, 0.2) is 0 Å². The normalized spacial score (nSPS) is 10.8. The third-order valence-corrected chi connectivity index (χ3v) is 5.17. The van der Waals surface area contributed by atoms with Crippen LogP contribution in [0.1, 0.15) is 51.4 Å². The maximum Gasteiger partial charge on any atom is 0.257 e. The summed E-state index contributed by atoms with van der Waals surface area (Å²) in [6, 6.07) is 17.9. The summed E-state index contributed by atoms with van der Waals surface area (Å²) in [6.07, 6.45) is 1.48. The standard InChI is InChI=1S/C25H25N5O2/c1-16-7-9-20(12-22(16)30-24(32)18-8-10-21(13-26)28-14-18)29-23(31)17-5-4-6-19(11-17)25(2,3)15-27/h4-12,14H,13,26H2,1-3H3,(H,29,31)(H,30,32). The van der Waals surface area contributed by atoms with Gasteiger partial charge in [-0.2, -0.15) is 5.26 Å². The SMILES string of the molecule is Cc1ccc(NC(=O)c2cccc(C(C)(C)C#N)c2)cc1NC(=O)c1ccc(CN)nc1. The average molecular weight is 428 g/mol. The number of carbonyl (C=O) groups excluding carboxylic acids is 2. The molecule has 1 heterocycles. The Bertz CT molecular complexity index is 1190. The first-order valence-corrected chi connectivity index (χ1v) is 10.1. The smallest absolute Gasteiger partial charge is 0.257 e. The monoisotopic (exact) mass is 427 g/mol. The molecular weight excluding hydrogens is 402 g/mol. The molecule has 2 amide bonds. The predicted molar refractivity (Wildman–Crippen MR) is 124 cm³/mol. The number of aryl methyl sites for hydroxylation is 1. The molecular formula is C25H25N5O2. The molecule has 0 radical (unpaired) electrons. The number of hydrogen-bond acceptors (Lipinski definition) is 5. The van der Waals surface area contributed by atoms with Crippen molar-refractivity contribution in [1.82, 2.24) is 4.98 Å². The van der Waals surface area contributed by atoms with Crippen LogP contribution in [0.3, 0.4) is 0 Å². The number of amides is 2. The Morgan fingerprint density at radius 3 is 2.44 bits per heavy atom. The van der Waals surface area contributed by atoms with Gasteiger partial charge in [-0.15, -0.1) is 0 Å². The van der Waals surface area contributed by atoms with Crippen LogP contribution in [-0.4, -0.2) is 16.8 Å². The fourth-order valence-electron chi connectivity index (χ4n) is 3.03. The van der Waals surface area contributed by atoms with Crippen molar-refractivity contribution in [3.05, 3.63) is 88.7 Å². The zero-order valence-corrected chi connectivity index (χ0v) is 18.3. The third kappa shape index (κ3) is 5.17. The van der Waals surface area contributed by atoms with Crippen molar-refractivity contribution >= 4 is 23.2 Å². The summed E-state index contributed by atoms with van der Waals surface area (Å²) in [5.74, 6) is -0.609. The zero-order chi connectivity index (χ0) is 23.3. The summed E-state index contributed by atoms with van der Waals surface area (Å²) in [6.45, 7) is 5.78. The van der Waals surface area contributed by atoms with Gasteiger partial charge >= 0.3 is 0 Å². The van der Waals surface area contributed by atoms with Gasteiger partial charge in [0.25, 0.3) is 11.8 Å². The number of aromatic nitrogens is 1. The molecule has 0 unspecified atom stereocenters. The Kier molecular flexibility index (Phi) is 6.67. The summed E-state index contributed by atoms with van der Waals surface area (Å²) in [5.41, 5.74) is 9.13. The fraction of sp³-hybridized carbons (Fsp3) is 0.200. The van der Waals surface area contributed by atoms with Crippen LogP contribution < -0.4 is 16.4 Å². The molecule has 0 saturated heterocycles. The number of hydrogen-bond donors (Lipinski definition) is 3. The quantitative estimate of drug-likeness (QED) is 0.545. The highest BCUT2D eigenvalue weighted by molar-refractivity contribution is 6.06. The number of pyridine rings is 1. The predicted octanol–water partition coefficient (Wildman–Crippen LogP) is 4.15. The van der Waals surface area contributed by atoms with Gasteiger partial charge in [0.2, 0.25) is 0 Å². The molecule has 162 valence electrons. The summed E-state index contributed by atoms with van der Waals surface area (Å²) in [5, 5.41) is 15.1. The largest absolute Gasteiger partial charge is 0.325 e. The minimum Gasteiger partial charge on any atom is -0.325 e. The number of benzene rings is 2. The van der Waals surface area contributed by atoms with Crippen molar-refractivity contribution in [2.24, 2.45) is 5.73 Å². The topological polar surface area (TPSA) is 121 Å². The fourth-order valence-corrected chi connectivity index (χ4v) is 3.03. The van der Waals surface area contributed by atoms with Crippen LogP contribution in [0.4, 0.5) is 11.4 Å². The van der Waals surface area contributed by atoms with Gasteiger partial charge in [-0.1, -0.05) is 18.2 Å². The van der Waals surface area contributed by atoms with Crippen LogP contribution in [0, 0.1) is 18.3 Å². The Hall–Kier alpha value is -4.02. The lowest BCUT2D eigenvalue weighted by Gasteiger charge is -2.17. The molecule has 0 aliphatic heterocycles. The van der Waals surface area contributed by atoms with Crippen molar-refractivity contribution < 1.29 is 9.59 Å². The van der Waals surface area contributed by atoms with Gasteiger partial charge in [-0.25, -0.2) is 0 Å². The second-order valence-electron chi connectivity index (χ2n) is 8.00. The lowest BCUT2D eigenvalue weighted by molar-refractivity contribution is 0.101. The van der Waals surface area contributed by atoms with Crippen molar-refractivity contribution in [2.45, 2.75) is 32.7 Å². The minimum atomic E-state index is -0.700. The first-order valence-electron chi connectivity index (χ1n) is 10.1. The van der Waals surface area contributed by atoms with E-state index in [1.165, 1.54) is 6.20 Å². The van der Waals surface area contributed by atoms with E-state index in [4.69, 9.17) is 5.73 Å². The number of nitrogens with two attached hydrogens (primary N) is 1. The molecule has 0 aliphatic rings. The van der Waals surface area contributed by atoms with E-state index in [1.807, 2.05) is 19.1 Å². The molecule has 0 atom stereocenters. The van der Waals surface area contributed by atoms with Crippen LogP contribution in [0.15, 0.2) is 60.8 Å². The molecule has 3 rings (SSSR count). The molecule has 2 aromatic carbocycles. The summed E-state index contributed by atoms with van der Waals surface area (Å²) in [7, 11) is 0. The van der Waals surface area contributed by atoms with E-state index in [0.29, 0.717) is 34.7 Å². The van der Waals surface area contributed by atoms with Crippen LogP contribution in [0.25, 0.3) is 0 Å². The van der Waals surface area contributed by atoms with Gasteiger partial charge in [0.05, 0.1) is 22.7 Å². The molecule has 1 aromatic heterocycles. The van der Waals surface area contributed by atoms with Crippen LogP contribution in [0.5, 0.6) is 0 Å². The number of rotatable bonds is 6. The number of nitrogens with zero attached hydrogens (tertiary/aromatic N) is 2. The highest BCUT2D eigenvalue weighted by Crippen LogP contribution is 2.24. The first-order chi connectivity index (χ1) is 15.2. The van der Waals surface area contributed by atoms with Crippen LogP contribution in [-0.2, 0) is 12.0 Å². The molecule has 0 spiro atoms. The van der Waals surface area contributed by atoms with E-state index >= 15 is 0 Å². The van der Waals surface area contributed by atoms with Crippen molar-refractivity contribution in [1.29, 1.82) is 5.26 Å². The molecule has 0 aliphatic carbocycles. The molecule has 0 saturated carbocycles. The summed E-state index contributed by atoms with van der Waals surface area (Å²) in [4.78, 5) is 29.5. The van der Waals surface area contributed by atoms with E-state index in [1.54, 1.807) is 56.3 Å². The number of carbonyl (C=O) groups is 2.